The van der Waals surface area contributed by atoms with Gasteiger partial charge in [0.2, 0.25) is 0 Å². The highest BCUT2D eigenvalue weighted by Crippen LogP contribution is 2.38. The van der Waals surface area contributed by atoms with E-state index in [4.69, 9.17) is 18.9 Å². The van der Waals surface area contributed by atoms with Crippen molar-refractivity contribution in [2.45, 2.75) is 141 Å². The molecule has 0 amide bonds. The molecule has 0 saturated carbocycles. The van der Waals surface area contributed by atoms with Gasteiger partial charge in [-0.05, 0) is 47.5 Å². The summed E-state index contributed by atoms with van der Waals surface area (Å²) < 4.78 is 23.5. The van der Waals surface area contributed by atoms with Gasteiger partial charge in [-0.3, -0.25) is 9.59 Å². The summed E-state index contributed by atoms with van der Waals surface area (Å²) in [5.41, 5.74) is -4.73. The first-order valence-electron chi connectivity index (χ1n) is 14.3. The molecular weight excluding hydrogens is 524 g/mol. The zero-order chi connectivity index (χ0) is 31.0. The van der Waals surface area contributed by atoms with Crippen LogP contribution in [0.25, 0.3) is 0 Å². The topological polar surface area (TPSA) is 172 Å². The third-order valence-electron chi connectivity index (χ3n) is 9.31. The van der Waals surface area contributed by atoms with Crippen molar-refractivity contribution in [2.75, 3.05) is 7.11 Å². The Bertz CT molecular complexity index is 876. The molecule has 40 heavy (non-hydrogen) atoms. The first-order chi connectivity index (χ1) is 18.2. The number of methoxy groups -OCH3 is 1. The van der Waals surface area contributed by atoms with Crippen molar-refractivity contribution in [3.05, 3.63) is 0 Å². The van der Waals surface area contributed by atoms with E-state index < -0.39 is 95.1 Å². The molecule has 2 fully saturated rings. The van der Waals surface area contributed by atoms with Gasteiger partial charge in [-0.1, -0.05) is 27.7 Å². The number of ketones is 1. The van der Waals surface area contributed by atoms with Crippen molar-refractivity contribution in [3.63, 3.8) is 0 Å². The number of hydrogen-bond donors (Lipinski definition) is 5. The minimum absolute atomic E-state index is 0.119. The Morgan fingerprint density at radius 3 is 2.00 bits per heavy atom. The Morgan fingerprint density at radius 2 is 1.48 bits per heavy atom. The Hall–Kier alpha value is -1.18. The molecule has 0 bridgehead atoms. The van der Waals surface area contributed by atoms with Crippen LogP contribution in [0.4, 0.5) is 0 Å². The molecule has 234 valence electrons. The van der Waals surface area contributed by atoms with Crippen molar-refractivity contribution >= 4 is 11.8 Å². The predicted octanol–water partition coefficient (Wildman–Crippen LogP) is 1.34. The van der Waals surface area contributed by atoms with E-state index in [0.717, 1.165) is 0 Å². The number of Topliss-reactive ketones (excluding diaryl/α,β-unsaturated/α-hetero) is 1. The van der Waals surface area contributed by atoms with Gasteiger partial charge in [-0.25, -0.2) is 0 Å². The molecule has 2 heterocycles. The van der Waals surface area contributed by atoms with Crippen molar-refractivity contribution in [1.82, 2.24) is 0 Å². The van der Waals surface area contributed by atoms with Crippen molar-refractivity contribution in [3.8, 4) is 0 Å². The number of ether oxygens (including phenoxy) is 4. The molecule has 5 N–H and O–H groups in total. The van der Waals surface area contributed by atoms with Gasteiger partial charge in [0.05, 0.1) is 41.5 Å². The highest BCUT2D eigenvalue weighted by molar-refractivity contribution is 5.83. The van der Waals surface area contributed by atoms with Gasteiger partial charge >= 0.3 is 5.97 Å². The summed E-state index contributed by atoms with van der Waals surface area (Å²) >= 11 is 0. The fourth-order valence-electron chi connectivity index (χ4n) is 6.35. The van der Waals surface area contributed by atoms with E-state index in [9.17, 15) is 35.1 Å². The number of carbonyl (C=O) groups is 2. The summed E-state index contributed by atoms with van der Waals surface area (Å²) in [7, 11) is 1.47. The Labute approximate surface area is 238 Å². The number of carbonyl (C=O) groups excluding carboxylic acids is 2. The first kappa shape index (κ1) is 35.0. The minimum Gasteiger partial charge on any atom is -0.459 e. The summed E-state index contributed by atoms with van der Waals surface area (Å²) in [6.07, 6.45) is -7.59. The second-order valence-corrected chi connectivity index (χ2v) is 12.8. The van der Waals surface area contributed by atoms with E-state index in [1.807, 2.05) is 0 Å². The van der Waals surface area contributed by atoms with Gasteiger partial charge in [0.15, 0.2) is 6.29 Å². The standard InChI is InChI=1S/C29H52O11/c1-11-19-29(9,36)24(32)15(3)21(30)14(2)12-27(7,35)23(31)16(4)22(17(5)26(34)39-19)40-20-13-28(8,37-10)25(33)18(6)38-20/h14-20,22-25,31-33,35-36H,11-13H2,1-10H3/t14-,15+,16+,17-,18+,19-,20+,22+,23?,24-,25+,27-,28-,29-/m1/s1. The van der Waals surface area contributed by atoms with Crippen LogP contribution < -0.4 is 0 Å². The summed E-state index contributed by atoms with van der Waals surface area (Å²) in [5, 5.41) is 55.6. The lowest BCUT2D eigenvalue weighted by Crippen LogP contribution is -2.59. The number of hydrogen-bond acceptors (Lipinski definition) is 11. The summed E-state index contributed by atoms with van der Waals surface area (Å²) in [5.74, 6) is -4.84. The molecule has 0 aromatic rings. The normalized spacial score (nSPS) is 50.2. The maximum atomic E-state index is 13.5. The van der Waals surface area contributed by atoms with Crippen LogP contribution in [0, 0.1) is 23.7 Å². The lowest BCUT2D eigenvalue weighted by Gasteiger charge is -2.47. The van der Waals surface area contributed by atoms with Crippen molar-refractivity contribution < 1.29 is 54.1 Å². The van der Waals surface area contributed by atoms with Crippen molar-refractivity contribution in [1.29, 1.82) is 0 Å². The second-order valence-electron chi connectivity index (χ2n) is 12.8. The fraction of sp³-hybridized carbons (Fsp3) is 0.931. The summed E-state index contributed by atoms with van der Waals surface area (Å²) in [6.45, 7) is 14.1. The Balaban J connectivity index is 2.55. The number of esters is 1. The van der Waals surface area contributed by atoms with E-state index in [1.54, 1.807) is 41.5 Å². The highest BCUT2D eigenvalue weighted by Gasteiger charge is 2.51. The van der Waals surface area contributed by atoms with E-state index in [1.165, 1.54) is 27.9 Å². The van der Waals surface area contributed by atoms with Crippen LogP contribution in [0.2, 0.25) is 0 Å². The van der Waals surface area contributed by atoms with Crippen LogP contribution in [0.3, 0.4) is 0 Å². The molecular formula is C29H52O11. The number of cyclic esters (lactones) is 1. The molecule has 11 heteroatoms. The molecule has 2 aliphatic heterocycles. The summed E-state index contributed by atoms with van der Waals surface area (Å²) in [4.78, 5) is 26.7. The second kappa shape index (κ2) is 13.0. The van der Waals surface area contributed by atoms with Crippen LogP contribution in [-0.2, 0) is 28.5 Å². The lowest BCUT2D eigenvalue weighted by molar-refractivity contribution is -0.299. The molecule has 14 atom stereocenters. The molecule has 11 nitrogen and oxygen atoms in total. The van der Waals surface area contributed by atoms with Crippen LogP contribution in [0.1, 0.15) is 81.6 Å². The van der Waals surface area contributed by atoms with Gasteiger partial charge in [0, 0.05) is 31.3 Å². The van der Waals surface area contributed by atoms with Gasteiger partial charge < -0.3 is 44.5 Å². The number of aliphatic hydroxyl groups excluding tert-OH is 3. The van der Waals surface area contributed by atoms with E-state index in [-0.39, 0.29) is 19.3 Å². The largest absolute Gasteiger partial charge is 0.459 e. The molecule has 0 spiro atoms. The molecule has 0 aromatic heterocycles. The minimum atomic E-state index is -1.95. The zero-order valence-corrected chi connectivity index (χ0v) is 25.7. The maximum absolute atomic E-state index is 13.5. The third-order valence-corrected chi connectivity index (χ3v) is 9.31. The molecule has 0 aliphatic carbocycles. The average molecular weight is 577 g/mol. The molecule has 0 radical (unpaired) electrons. The molecule has 0 aromatic carbocycles. The van der Waals surface area contributed by atoms with Gasteiger partial charge in [-0.15, -0.1) is 0 Å². The van der Waals surface area contributed by atoms with Crippen LogP contribution in [0.15, 0.2) is 0 Å². The fourth-order valence-corrected chi connectivity index (χ4v) is 6.35. The van der Waals surface area contributed by atoms with Gasteiger partial charge in [0.25, 0.3) is 0 Å². The molecule has 2 rings (SSSR count). The SMILES string of the molecule is CC[C@H]1OC(=O)[C@H](C)[C@@H](O[C@H]2C[C@@](C)(OC)[C@@H](O)[C@H](C)O2)[C@H](C)C(O)[C@](C)(O)C[C@@H](C)C(=O)[C@H](C)[C@@H](O)[C@]1(C)O. The number of aliphatic hydroxyl groups is 5. The molecule has 2 aliphatic rings. The van der Waals surface area contributed by atoms with E-state index in [2.05, 4.69) is 0 Å². The van der Waals surface area contributed by atoms with Crippen LogP contribution >= 0.6 is 0 Å². The maximum Gasteiger partial charge on any atom is 0.311 e. The quantitative estimate of drug-likeness (QED) is 0.306. The smallest absolute Gasteiger partial charge is 0.311 e. The predicted molar refractivity (Wildman–Crippen MR) is 145 cm³/mol. The Kier molecular flexibility index (Phi) is 11.4. The summed E-state index contributed by atoms with van der Waals surface area (Å²) in [6, 6.07) is 0. The van der Waals surface area contributed by atoms with Gasteiger partial charge in [0.1, 0.15) is 23.6 Å². The third kappa shape index (κ3) is 7.06. The average Bonchev–Trinajstić information content (AvgIpc) is 2.89. The van der Waals surface area contributed by atoms with E-state index in [0.29, 0.717) is 0 Å². The highest BCUT2D eigenvalue weighted by atomic mass is 16.7. The Morgan fingerprint density at radius 1 is 0.900 bits per heavy atom. The van der Waals surface area contributed by atoms with Gasteiger partial charge in [-0.2, -0.15) is 0 Å². The molecule has 1 unspecified atom stereocenters. The molecule has 2 saturated heterocycles. The van der Waals surface area contributed by atoms with Crippen LogP contribution in [0.5, 0.6) is 0 Å². The first-order valence-corrected chi connectivity index (χ1v) is 14.3. The number of rotatable bonds is 4. The van der Waals surface area contributed by atoms with Crippen molar-refractivity contribution in [2.24, 2.45) is 23.7 Å². The van der Waals surface area contributed by atoms with E-state index >= 15 is 0 Å². The van der Waals surface area contributed by atoms with Crippen LogP contribution in [-0.4, -0.2) is 104 Å². The zero-order valence-electron chi connectivity index (χ0n) is 25.7. The monoisotopic (exact) mass is 576 g/mol. The lowest BCUT2D eigenvalue weighted by atomic mass is 9.74.